The molecule has 1 fully saturated rings. The van der Waals surface area contributed by atoms with Gasteiger partial charge in [0.1, 0.15) is 24.6 Å². The van der Waals surface area contributed by atoms with Crippen molar-refractivity contribution in [2.24, 2.45) is 0 Å². The number of nitrogens with zero attached hydrogens (tertiary/aromatic N) is 2. The molecular weight excluding hydrogens is 416 g/mol. The standard InChI is InChI=1S/C27H34N2O4/c1-19-15-20(2)23(21(3)16-19)24-25(33-17-22-9-7-6-8-10-22)27(29(18-31-4)26(24)30)11-13-28(32-5)14-12-27/h6-10,15-16H,11-14,17-18H2,1-5H3. The van der Waals surface area contributed by atoms with Crippen LogP contribution in [0.15, 0.2) is 48.2 Å². The minimum Gasteiger partial charge on any atom is -0.490 e. The molecule has 0 aromatic heterocycles. The third-order valence-corrected chi connectivity index (χ3v) is 6.84. The quantitative estimate of drug-likeness (QED) is 0.627. The zero-order valence-electron chi connectivity index (χ0n) is 20.3. The van der Waals surface area contributed by atoms with Gasteiger partial charge in [-0.25, -0.2) is 0 Å². The highest BCUT2D eigenvalue weighted by molar-refractivity contribution is 6.24. The predicted octanol–water partition coefficient (Wildman–Crippen LogP) is 4.38. The molecule has 4 rings (SSSR count). The monoisotopic (exact) mass is 450 g/mol. The summed E-state index contributed by atoms with van der Waals surface area (Å²) < 4.78 is 12.1. The number of methoxy groups -OCH3 is 1. The van der Waals surface area contributed by atoms with Gasteiger partial charge in [0, 0.05) is 20.2 Å². The SMILES string of the molecule is COCN1C(=O)C(c2c(C)cc(C)cc2C)=C(OCc2ccccc2)C12CCN(OC)CC2. The van der Waals surface area contributed by atoms with Crippen molar-refractivity contribution < 1.29 is 19.1 Å². The van der Waals surface area contributed by atoms with Gasteiger partial charge < -0.3 is 19.2 Å². The van der Waals surface area contributed by atoms with Crippen LogP contribution in [-0.4, -0.2) is 55.4 Å². The summed E-state index contributed by atoms with van der Waals surface area (Å²) in [6, 6.07) is 14.4. The van der Waals surface area contributed by atoms with E-state index in [1.165, 1.54) is 5.56 Å². The Morgan fingerprint density at radius 3 is 2.18 bits per heavy atom. The minimum absolute atomic E-state index is 0.0270. The molecule has 1 saturated heterocycles. The Labute approximate surface area is 196 Å². The molecule has 0 aliphatic carbocycles. The van der Waals surface area contributed by atoms with E-state index >= 15 is 0 Å². The molecule has 0 unspecified atom stereocenters. The van der Waals surface area contributed by atoms with Crippen LogP contribution in [0.2, 0.25) is 0 Å². The van der Waals surface area contributed by atoms with Crippen LogP contribution in [0.5, 0.6) is 0 Å². The number of carbonyl (C=O) groups is 1. The molecule has 6 nitrogen and oxygen atoms in total. The molecule has 0 N–H and O–H groups in total. The lowest BCUT2D eigenvalue weighted by Gasteiger charge is -2.44. The van der Waals surface area contributed by atoms with Gasteiger partial charge in [-0.1, -0.05) is 48.0 Å². The minimum atomic E-state index is -0.560. The molecule has 2 aliphatic rings. The molecular formula is C27H34N2O4. The van der Waals surface area contributed by atoms with Crippen LogP contribution in [0.4, 0.5) is 0 Å². The van der Waals surface area contributed by atoms with Gasteiger partial charge in [0.15, 0.2) is 0 Å². The number of hydrogen-bond donors (Lipinski definition) is 0. The van der Waals surface area contributed by atoms with Gasteiger partial charge in [-0.15, -0.1) is 0 Å². The van der Waals surface area contributed by atoms with Crippen molar-refractivity contribution in [3.05, 3.63) is 76.0 Å². The normalized spacial score (nSPS) is 18.5. The highest BCUT2D eigenvalue weighted by Crippen LogP contribution is 2.48. The van der Waals surface area contributed by atoms with Crippen LogP contribution in [0, 0.1) is 20.8 Å². The third-order valence-electron chi connectivity index (χ3n) is 6.84. The van der Waals surface area contributed by atoms with Crippen molar-refractivity contribution in [2.45, 2.75) is 45.8 Å². The zero-order chi connectivity index (χ0) is 23.6. The van der Waals surface area contributed by atoms with E-state index in [4.69, 9.17) is 14.3 Å². The third kappa shape index (κ3) is 4.31. The predicted molar refractivity (Wildman–Crippen MR) is 128 cm³/mol. The van der Waals surface area contributed by atoms with E-state index in [9.17, 15) is 4.79 Å². The Bertz CT molecular complexity index is 1020. The largest absolute Gasteiger partial charge is 0.490 e. The highest BCUT2D eigenvalue weighted by atomic mass is 16.7. The van der Waals surface area contributed by atoms with Crippen molar-refractivity contribution in [2.75, 3.05) is 34.0 Å². The summed E-state index contributed by atoms with van der Waals surface area (Å²) in [6.07, 6.45) is 1.43. The number of amides is 1. The molecule has 2 heterocycles. The molecule has 1 spiro atoms. The molecule has 2 aliphatic heterocycles. The van der Waals surface area contributed by atoms with Crippen LogP contribution < -0.4 is 0 Å². The first kappa shape index (κ1) is 23.5. The zero-order valence-corrected chi connectivity index (χ0v) is 20.3. The lowest BCUT2D eigenvalue weighted by atomic mass is 9.84. The maximum atomic E-state index is 14.0. The highest BCUT2D eigenvalue weighted by Gasteiger charge is 2.55. The van der Waals surface area contributed by atoms with Crippen molar-refractivity contribution in [1.29, 1.82) is 0 Å². The summed E-state index contributed by atoms with van der Waals surface area (Å²) in [5.74, 6) is 0.736. The topological polar surface area (TPSA) is 51.2 Å². The van der Waals surface area contributed by atoms with Gasteiger partial charge in [-0.3, -0.25) is 4.79 Å². The Kier molecular flexibility index (Phi) is 6.88. The van der Waals surface area contributed by atoms with Gasteiger partial charge in [0.2, 0.25) is 0 Å². The number of hydroxylamine groups is 2. The van der Waals surface area contributed by atoms with Crippen molar-refractivity contribution in [3.8, 4) is 0 Å². The second-order valence-electron chi connectivity index (χ2n) is 9.05. The molecule has 1 amide bonds. The fourth-order valence-electron chi connectivity index (χ4n) is 5.36. The van der Waals surface area contributed by atoms with Gasteiger partial charge in [0.05, 0.1) is 12.7 Å². The first-order chi connectivity index (χ1) is 15.9. The fourth-order valence-corrected chi connectivity index (χ4v) is 5.36. The number of piperidine rings is 1. The van der Waals surface area contributed by atoms with Crippen LogP contribution in [0.3, 0.4) is 0 Å². The maximum Gasteiger partial charge on any atom is 0.260 e. The lowest BCUT2D eigenvalue weighted by molar-refractivity contribution is -0.170. The molecule has 6 heteroatoms. The summed E-state index contributed by atoms with van der Waals surface area (Å²) >= 11 is 0. The van der Waals surface area contributed by atoms with Gasteiger partial charge in [-0.2, -0.15) is 5.06 Å². The van der Waals surface area contributed by atoms with E-state index in [1.54, 1.807) is 14.2 Å². The summed E-state index contributed by atoms with van der Waals surface area (Å²) in [5.41, 5.74) is 5.51. The molecule has 0 radical (unpaired) electrons. The number of hydrogen-bond acceptors (Lipinski definition) is 5. The van der Waals surface area contributed by atoms with Crippen LogP contribution in [0.25, 0.3) is 5.57 Å². The van der Waals surface area contributed by atoms with Crippen LogP contribution >= 0.6 is 0 Å². The Balaban J connectivity index is 1.86. The Morgan fingerprint density at radius 1 is 0.970 bits per heavy atom. The van der Waals surface area contributed by atoms with Crippen LogP contribution in [-0.2, 0) is 25.7 Å². The van der Waals surface area contributed by atoms with Gasteiger partial charge in [0.25, 0.3) is 5.91 Å². The number of ether oxygens (including phenoxy) is 2. The molecule has 0 saturated carbocycles. The molecule has 0 atom stereocenters. The smallest absolute Gasteiger partial charge is 0.260 e. The van der Waals surface area contributed by atoms with Crippen molar-refractivity contribution >= 4 is 11.5 Å². The summed E-state index contributed by atoms with van der Waals surface area (Å²) in [5, 5.41) is 1.94. The maximum absolute atomic E-state index is 14.0. The number of rotatable bonds is 7. The lowest BCUT2D eigenvalue weighted by Crippen LogP contribution is -2.55. The van der Waals surface area contributed by atoms with E-state index < -0.39 is 5.54 Å². The molecule has 33 heavy (non-hydrogen) atoms. The molecule has 0 bridgehead atoms. The van der Waals surface area contributed by atoms with E-state index in [0.29, 0.717) is 38.1 Å². The number of aryl methyl sites for hydroxylation is 3. The fraction of sp³-hybridized carbons (Fsp3) is 0.444. The summed E-state index contributed by atoms with van der Waals surface area (Å²) in [7, 11) is 3.33. The second kappa shape index (κ2) is 9.67. The first-order valence-electron chi connectivity index (χ1n) is 11.5. The van der Waals surface area contributed by atoms with Gasteiger partial charge in [-0.05, 0) is 55.9 Å². The van der Waals surface area contributed by atoms with E-state index in [-0.39, 0.29) is 12.6 Å². The summed E-state index contributed by atoms with van der Waals surface area (Å²) in [6.45, 7) is 8.28. The van der Waals surface area contributed by atoms with Crippen molar-refractivity contribution in [3.63, 3.8) is 0 Å². The van der Waals surface area contributed by atoms with E-state index in [2.05, 4.69) is 32.9 Å². The average Bonchev–Trinajstić information content (AvgIpc) is 3.01. The molecule has 2 aromatic rings. The summed E-state index contributed by atoms with van der Waals surface area (Å²) in [4.78, 5) is 21.3. The number of benzene rings is 2. The second-order valence-corrected chi connectivity index (χ2v) is 9.05. The number of carbonyl (C=O) groups excluding carboxylic acids is 1. The van der Waals surface area contributed by atoms with Gasteiger partial charge >= 0.3 is 0 Å². The van der Waals surface area contributed by atoms with Crippen LogP contribution in [0.1, 0.15) is 40.7 Å². The molecule has 2 aromatic carbocycles. The Morgan fingerprint density at radius 2 is 1.61 bits per heavy atom. The van der Waals surface area contributed by atoms with Crippen molar-refractivity contribution in [1.82, 2.24) is 9.96 Å². The van der Waals surface area contributed by atoms with E-state index in [1.807, 2.05) is 40.3 Å². The molecule has 176 valence electrons. The Hall–Kier alpha value is -2.67. The first-order valence-corrected chi connectivity index (χ1v) is 11.5. The average molecular weight is 451 g/mol. The van der Waals surface area contributed by atoms with E-state index in [0.717, 1.165) is 28.0 Å².